The van der Waals surface area contributed by atoms with Gasteiger partial charge >= 0.3 is 5.97 Å². The number of aromatic hydroxyl groups is 1. The van der Waals surface area contributed by atoms with Gasteiger partial charge in [0.2, 0.25) is 10.0 Å². The van der Waals surface area contributed by atoms with Gasteiger partial charge in [-0.1, -0.05) is 6.07 Å². The van der Waals surface area contributed by atoms with Crippen LogP contribution in [0.15, 0.2) is 29.2 Å². The van der Waals surface area contributed by atoms with Crippen LogP contribution < -0.4 is 0 Å². The number of phenolic OH excluding ortho intramolecular Hbond substituents is 1. The first kappa shape index (κ1) is 15.8. The van der Waals surface area contributed by atoms with E-state index in [0.29, 0.717) is 12.8 Å². The number of rotatable bonds is 4. The molecule has 1 aromatic carbocycles. The van der Waals surface area contributed by atoms with Crippen molar-refractivity contribution in [2.45, 2.75) is 37.1 Å². The summed E-state index contributed by atoms with van der Waals surface area (Å²) in [5.41, 5.74) is 0. The Kier molecular flexibility index (Phi) is 4.84. The van der Waals surface area contributed by atoms with Gasteiger partial charge in [-0.2, -0.15) is 4.31 Å². The summed E-state index contributed by atoms with van der Waals surface area (Å²) in [4.78, 5) is 12.0. The molecule has 0 amide bonds. The number of phenols is 1. The number of esters is 1. The maximum Gasteiger partial charge on any atom is 0.324 e. The van der Waals surface area contributed by atoms with Crippen LogP contribution in [-0.2, 0) is 19.6 Å². The number of benzene rings is 1. The molecule has 0 aliphatic carbocycles. The minimum atomic E-state index is -3.82. The monoisotopic (exact) mass is 313 g/mol. The predicted molar refractivity (Wildman–Crippen MR) is 76.3 cm³/mol. The second-order valence-electron chi connectivity index (χ2n) is 4.88. The number of piperidine rings is 1. The number of sulfonamides is 1. The molecule has 0 aromatic heterocycles. The van der Waals surface area contributed by atoms with E-state index in [2.05, 4.69) is 0 Å². The van der Waals surface area contributed by atoms with E-state index in [1.165, 1.54) is 28.6 Å². The fourth-order valence-electron chi connectivity index (χ4n) is 2.45. The predicted octanol–water partition coefficient (Wildman–Crippen LogP) is 1.50. The van der Waals surface area contributed by atoms with Gasteiger partial charge in [-0.3, -0.25) is 4.79 Å². The van der Waals surface area contributed by atoms with E-state index in [1.54, 1.807) is 6.92 Å². The first-order valence-corrected chi connectivity index (χ1v) is 8.38. The molecule has 116 valence electrons. The highest BCUT2D eigenvalue weighted by molar-refractivity contribution is 7.89. The highest BCUT2D eigenvalue weighted by Crippen LogP contribution is 2.27. The fraction of sp³-hybridized carbons (Fsp3) is 0.500. The van der Waals surface area contributed by atoms with Crippen molar-refractivity contribution in [1.29, 1.82) is 0 Å². The zero-order valence-corrected chi connectivity index (χ0v) is 12.7. The van der Waals surface area contributed by atoms with Crippen molar-refractivity contribution in [2.75, 3.05) is 13.2 Å². The summed E-state index contributed by atoms with van der Waals surface area (Å²) in [6.07, 6.45) is 1.94. The molecule has 0 saturated carbocycles. The zero-order chi connectivity index (χ0) is 15.5. The molecular weight excluding hydrogens is 294 g/mol. The SMILES string of the molecule is CCOC(=O)C1CCCCN1S(=O)(=O)c1cccc(O)c1. The molecule has 0 spiro atoms. The van der Waals surface area contributed by atoms with Gasteiger partial charge < -0.3 is 9.84 Å². The van der Waals surface area contributed by atoms with E-state index in [-0.39, 0.29) is 23.8 Å². The highest BCUT2D eigenvalue weighted by Gasteiger charge is 2.38. The molecule has 6 nitrogen and oxygen atoms in total. The van der Waals surface area contributed by atoms with Crippen molar-refractivity contribution in [2.24, 2.45) is 0 Å². The Bertz CT molecular complexity index is 614. The Labute approximate surface area is 124 Å². The Balaban J connectivity index is 2.34. The number of nitrogens with zero attached hydrogens (tertiary/aromatic N) is 1. The molecule has 21 heavy (non-hydrogen) atoms. The molecule has 1 saturated heterocycles. The van der Waals surface area contributed by atoms with Crippen molar-refractivity contribution < 1.29 is 23.1 Å². The van der Waals surface area contributed by atoms with Crippen molar-refractivity contribution in [3.63, 3.8) is 0 Å². The molecular formula is C14H19NO5S. The molecule has 1 heterocycles. The zero-order valence-electron chi connectivity index (χ0n) is 11.9. The van der Waals surface area contributed by atoms with Gasteiger partial charge in [0.1, 0.15) is 11.8 Å². The van der Waals surface area contributed by atoms with Gasteiger partial charge in [0, 0.05) is 6.54 Å². The number of carbonyl (C=O) groups excluding carboxylic acids is 1. The van der Waals surface area contributed by atoms with Crippen LogP contribution in [0.25, 0.3) is 0 Å². The summed E-state index contributed by atoms with van der Waals surface area (Å²) in [5.74, 6) is -0.637. The summed E-state index contributed by atoms with van der Waals surface area (Å²) in [6.45, 7) is 2.19. The number of ether oxygens (including phenoxy) is 1. The average molecular weight is 313 g/mol. The van der Waals surface area contributed by atoms with Crippen molar-refractivity contribution in [3.8, 4) is 5.75 Å². The topological polar surface area (TPSA) is 83.9 Å². The van der Waals surface area contributed by atoms with Gasteiger partial charge in [0.05, 0.1) is 11.5 Å². The third-order valence-corrected chi connectivity index (χ3v) is 5.34. The first-order chi connectivity index (χ1) is 9.96. The average Bonchev–Trinajstić information content (AvgIpc) is 2.47. The molecule has 1 fully saturated rings. The molecule has 1 atom stereocenters. The Hall–Kier alpha value is -1.60. The maximum absolute atomic E-state index is 12.7. The van der Waals surface area contributed by atoms with Crippen molar-refractivity contribution in [1.82, 2.24) is 4.31 Å². The van der Waals surface area contributed by atoms with Crippen LogP contribution in [0, 0.1) is 0 Å². The molecule has 0 radical (unpaired) electrons. The lowest BCUT2D eigenvalue weighted by Gasteiger charge is -2.32. The van der Waals surface area contributed by atoms with Gasteiger partial charge in [0.25, 0.3) is 0 Å². The largest absolute Gasteiger partial charge is 0.508 e. The molecule has 1 unspecified atom stereocenters. The van der Waals surface area contributed by atoms with Gasteiger partial charge in [-0.15, -0.1) is 0 Å². The fourth-order valence-corrected chi connectivity index (χ4v) is 4.13. The number of hydrogen-bond acceptors (Lipinski definition) is 5. The standard InChI is InChI=1S/C14H19NO5S/c1-2-20-14(17)13-8-3-4-9-15(13)21(18,19)12-7-5-6-11(16)10-12/h5-7,10,13,16H,2-4,8-9H2,1H3. The van der Waals surface area contributed by atoms with E-state index < -0.39 is 22.0 Å². The van der Waals surface area contributed by atoms with Gasteiger partial charge in [-0.25, -0.2) is 8.42 Å². The molecule has 1 N–H and O–H groups in total. The van der Waals surface area contributed by atoms with Gasteiger partial charge in [-0.05, 0) is 44.4 Å². The van der Waals surface area contributed by atoms with Crippen LogP contribution in [0.3, 0.4) is 0 Å². The van der Waals surface area contributed by atoms with E-state index >= 15 is 0 Å². The third-order valence-electron chi connectivity index (χ3n) is 3.44. The summed E-state index contributed by atoms with van der Waals surface area (Å²) in [7, 11) is -3.82. The molecule has 7 heteroatoms. The summed E-state index contributed by atoms with van der Waals surface area (Å²) in [5, 5.41) is 9.46. The van der Waals surface area contributed by atoms with Crippen LogP contribution in [0.1, 0.15) is 26.2 Å². The molecule has 2 rings (SSSR count). The quantitative estimate of drug-likeness (QED) is 0.852. The van der Waals surface area contributed by atoms with Crippen LogP contribution in [0.4, 0.5) is 0 Å². The van der Waals surface area contributed by atoms with Crippen LogP contribution in [0.2, 0.25) is 0 Å². The summed E-state index contributed by atoms with van der Waals surface area (Å²) in [6, 6.07) is 4.67. The van der Waals surface area contributed by atoms with E-state index in [0.717, 1.165) is 6.42 Å². The highest BCUT2D eigenvalue weighted by atomic mass is 32.2. The lowest BCUT2D eigenvalue weighted by atomic mass is 10.1. The third kappa shape index (κ3) is 3.36. The maximum atomic E-state index is 12.7. The number of hydrogen-bond donors (Lipinski definition) is 1. The second kappa shape index (κ2) is 6.44. The van der Waals surface area contributed by atoms with Gasteiger partial charge in [0.15, 0.2) is 0 Å². The second-order valence-corrected chi connectivity index (χ2v) is 6.77. The molecule has 1 aromatic rings. The van der Waals surface area contributed by atoms with E-state index in [1.807, 2.05) is 0 Å². The number of carbonyl (C=O) groups is 1. The molecule has 1 aliphatic rings. The lowest BCUT2D eigenvalue weighted by Crippen LogP contribution is -2.48. The Morgan fingerprint density at radius 3 is 2.86 bits per heavy atom. The van der Waals surface area contributed by atoms with Crippen molar-refractivity contribution >= 4 is 16.0 Å². The van der Waals surface area contributed by atoms with E-state index in [4.69, 9.17) is 4.74 Å². The summed E-state index contributed by atoms with van der Waals surface area (Å²) >= 11 is 0. The van der Waals surface area contributed by atoms with Crippen LogP contribution >= 0.6 is 0 Å². The van der Waals surface area contributed by atoms with Crippen LogP contribution in [0.5, 0.6) is 5.75 Å². The van der Waals surface area contributed by atoms with Crippen LogP contribution in [-0.4, -0.2) is 43.0 Å². The van der Waals surface area contributed by atoms with E-state index in [9.17, 15) is 18.3 Å². The Morgan fingerprint density at radius 2 is 2.19 bits per heavy atom. The van der Waals surface area contributed by atoms with Crippen molar-refractivity contribution in [3.05, 3.63) is 24.3 Å². The first-order valence-electron chi connectivity index (χ1n) is 6.94. The summed E-state index contributed by atoms with van der Waals surface area (Å²) < 4.78 is 31.5. The minimum absolute atomic E-state index is 0.0151. The molecule has 1 aliphatic heterocycles. The normalized spacial score (nSPS) is 20.1. The smallest absolute Gasteiger partial charge is 0.324 e. The lowest BCUT2D eigenvalue weighted by molar-refractivity contribution is -0.148. The Morgan fingerprint density at radius 1 is 1.43 bits per heavy atom. The molecule has 0 bridgehead atoms. The minimum Gasteiger partial charge on any atom is -0.508 e.